The molecule has 5 aliphatic rings. The van der Waals surface area contributed by atoms with Gasteiger partial charge in [0.05, 0.1) is 13.2 Å². The molecule has 5 fully saturated rings. The van der Waals surface area contributed by atoms with Crippen LogP contribution >= 0.6 is 0 Å². The number of ketones is 1. The Morgan fingerprint density at radius 3 is 2.33 bits per heavy atom. The smallest absolute Gasteiger partial charge is 0.174 e. The van der Waals surface area contributed by atoms with Crippen molar-refractivity contribution in [3.8, 4) is 0 Å². The molecule has 1 heterocycles. The molecule has 152 valence electrons. The fourth-order valence-electron chi connectivity index (χ4n) is 8.45. The molecule has 0 amide bonds. The van der Waals surface area contributed by atoms with Crippen molar-refractivity contribution in [2.45, 2.75) is 89.9 Å². The molecule has 7 atom stereocenters. The second kappa shape index (κ2) is 5.79. The van der Waals surface area contributed by atoms with Gasteiger partial charge in [-0.15, -0.1) is 0 Å². The lowest BCUT2D eigenvalue weighted by atomic mass is 9.44. The topological polar surface area (TPSA) is 55.8 Å². The van der Waals surface area contributed by atoms with Crippen LogP contribution in [-0.2, 0) is 14.3 Å². The molecular weight excluding hydrogens is 340 g/mol. The maximum absolute atomic E-state index is 12.0. The molecule has 1 saturated heterocycles. The number of carbonyl (C=O) groups excluding carboxylic acids is 1. The van der Waals surface area contributed by atoms with Crippen LogP contribution in [-0.4, -0.2) is 35.5 Å². The zero-order valence-electron chi connectivity index (χ0n) is 17.3. The minimum atomic E-state index is -1.07. The Morgan fingerprint density at radius 2 is 1.63 bits per heavy atom. The predicted octanol–water partition coefficient (Wildman–Crippen LogP) is 4.09. The highest BCUT2D eigenvalue weighted by atomic mass is 16.7. The average Bonchev–Trinajstić information content (AvgIpc) is 3.22. The van der Waals surface area contributed by atoms with E-state index in [0.29, 0.717) is 24.7 Å². The van der Waals surface area contributed by atoms with E-state index in [-0.39, 0.29) is 22.4 Å². The molecule has 0 aromatic rings. The zero-order chi connectivity index (χ0) is 19.1. The van der Waals surface area contributed by atoms with Crippen molar-refractivity contribution in [3.05, 3.63) is 0 Å². The van der Waals surface area contributed by atoms with E-state index in [9.17, 15) is 9.90 Å². The highest BCUT2D eigenvalue weighted by Gasteiger charge is 2.67. The van der Waals surface area contributed by atoms with E-state index in [0.717, 1.165) is 44.3 Å². The van der Waals surface area contributed by atoms with Gasteiger partial charge >= 0.3 is 0 Å². The van der Waals surface area contributed by atoms with Crippen molar-refractivity contribution in [3.63, 3.8) is 0 Å². The van der Waals surface area contributed by atoms with Gasteiger partial charge in [-0.1, -0.05) is 13.8 Å². The molecule has 0 aromatic heterocycles. The highest BCUT2D eigenvalue weighted by Crippen LogP contribution is 2.69. The number of carbonyl (C=O) groups is 1. The van der Waals surface area contributed by atoms with Gasteiger partial charge < -0.3 is 14.6 Å². The molecule has 27 heavy (non-hydrogen) atoms. The van der Waals surface area contributed by atoms with Crippen LogP contribution in [0, 0.1) is 34.5 Å². The number of fused-ring (bicyclic) bond motifs is 6. The summed E-state index contributed by atoms with van der Waals surface area (Å²) in [6, 6.07) is 0. The first kappa shape index (κ1) is 18.6. The number of hydrogen-bond donors (Lipinski definition) is 1. The average molecular weight is 377 g/mol. The summed E-state index contributed by atoms with van der Waals surface area (Å²) in [4.78, 5) is 12.0. The van der Waals surface area contributed by atoms with Crippen molar-refractivity contribution in [1.29, 1.82) is 0 Å². The van der Waals surface area contributed by atoms with Gasteiger partial charge in [0.1, 0.15) is 5.60 Å². The predicted molar refractivity (Wildman–Crippen MR) is 102 cm³/mol. The second-order valence-corrected chi connectivity index (χ2v) is 10.9. The fraction of sp³-hybridized carbons (Fsp3) is 0.957. The van der Waals surface area contributed by atoms with Gasteiger partial charge in [-0.25, -0.2) is 0 Å². The number of aliphatic hydroxyl groups is 1. The van der Waals surface area contributed by atoms with Crippen LogP contribution in [0.4, 0.5) is 0 Å². The molecule has 0 bridgehead atoms. The van der Waals surface area contributed by atoms with Crippen molar-refractivity contribution in [2.24, 2.45) is 34.5 Å². The van der Waals surface area contributed by atoms with Crippen LogP contribution in [0.1, 0.15) is 78.6 Å². The summed E-state index contributed by atoms with van der Waals surface area (Å²) in [6.45, 7) is 7.99. The number of hydrogen-bond acceptors (Lipinski definition) is 4. The van der Waals surface area contributed by atoms with Crippen LogP contribution in [0.5, 0.6) is 0 Å². The van der Waals surface area contributed by atoms with Gasteiger partial charge in [-0.05, 0) is 87.4 Å². The normalized spacial score (nSPS) is 53.6. The minimum Gasteiger partial charge on any atom is -0.382 e. The van der Waals surface area contributed by atoms with E-state index in [2.05, 4.69) is 13.8 Å². The Labute approximate surface area is 163 Å². The van der Waals surface area contributed by atoms with Gasteiger partial charge in [0, 0.05) is 11.8 Å². The number of ether oxygens (including phenoxy) is 2. The Morgan fingerprint density at radius 1 is 0.926 bits per heavy atom. The molecular formula is C23H36O4. The molecule has 1 spiro atoms. The van der Waals surface area contributed by atoms with Gasteiger partial charge in [-0.3, -0.25) is 4.79 Å². The summed E-state index contributed by atoms with van der Waals surface area (Å²) >= 11 is 0. The van der Waals surface area contributed by atoms with Crippen molar-refractivity contribution in [1.82, 2.24) is 0 Å². The molecule has 1 N–H and O–H groups in total. The van der Waals surface area contributed by atoms with Crippen LogP contribution in [0.2, 0.25) is 0 Å². The SMILES string of the molecule is CC(=O)[C@]1(O)CC[C@@]2(C)[C@@H](CC[C@@H]3[C@H]2CC[C@@]2(C)[C@@H]3CCC23OCCO3)C1. The molecule has 5 rings (SSSR count). The third kappa shape index (κ3) is 2.30. The summed E-state index contributed by atoms with van der Waals surface area (Å²) in [5, 5.41) is 10.8. The number of Topliss-reactive ketones (excluding diaryl/α,β-unsaturated/α-hetero) is 1. The molecule has 4 aliphatic carbocycles. The molecule has 4 heteroatoms. The molecule has 4 nitrogen and oxygen atoms in total. The van der Waals surface area contributed by atoms with Crippen molar-refractivity contribution < 1.29 is 19.4 Å². The standard InChI is InChI=1S/C23H36O4/c1-15(24)22(25)11-10-20(2)16(14-22)4-5-17-18(20)6-8-21(3)19(17)7-9-23(21)26-12-13-27-23/h16-19,25H,4-14H2,1-3H3/t16-,17+,18+,19+,20-,21-,22-/m0/s1. The first-order chi connectivity index (χ1) is 12.7. The Kier molecular flexibility index (Phi) is 3.99. The molecule has 4 saturated carbocycles. The number of rotatable bonds is 1. The molecule has 1 aliphatic heterocycles. The monoisotopic (exact) mass is 376 g/mol. The van der Waals surface area contributed by atoms with E-state index in [4.69, 9.17) is 9.47 Å². The summed E-state index contributed by atoms with van der Waals surface area (Å²) in [7, 11) is 0. The Balaban J connectivity index is 1.42. The highest BCUT2D eigenvalue weighted by molar-refractivity contribution is 5.84. The maximum atomic E-state index is 12.0. The van der Waals surface area contributed by atoms with E-state index in [1.807, 2.05) is 0 Å². The van der Waals surface area contributed by atoms with E-state index in [1.54, 1.807) is 6.92 Å². The molecule has 0 aromatic carbocycles. The van der Waals surface area contributed by atoms with Crippen LogP contribution in [0.3, 0.4) is 0 Å². The largest absolute Gasteiger partial charge is 0.382 e. The van der Waals surface area contributed by atoms with Gasteiger partial charge in [0.2, 0.25) is 0 Å². The second-order valence-electron chi connectivity index (χ2n) is 10.9. The zero-order valence-corrected chi connectivity index (χ0v) is 17.3. The van der Waals surface area contributed by atoms with E-state index < -0.39 is 5.60 Å². The summed E-state index contributed by atoms with van der Waals surface area (Å²) in [5.74, 6) is 2.31. The van der Waals surface area contributed by atoms with Crippen LogP contribution in [0.25, 0.3) is 0 Å². The summed E-state index contributed by atoms with van der Waals surface area (Å²) in [5.41, 5.74) is -0.634. The lowest BCUT2D eigenvalue weighted by Crippen LogP contribution is -2.59. The third-order valence-corrected chi connectivity index (χ3v) is 10.2. The first-order valence-corrected chi connectivity index (χ1v) is 11.3. The lowest BCUT2D eigenvalue weighted by molar-refractivity contribution is -0.248. The minimum absolute atomic E-state index is 0.0313. The third-order valence-electron chi connectivity index (χ3n) is 10.2. The maximum Gasteiger partial charge on any atom is 0.174 e. The summed E-state index contributed by atoms with van der Waals surface area (Å²) < 4.78 is 12.5. The van der Waals surface area contributed by atoms with E-state index >= 15 is 0 Å². The van der Waals surface area contributed by atoms with E-state index in [1.165, 1.54) is 25.7 Å². The lowest BCUT2D eigenvalue weighted by Gasteiger charge is -2.62. The molecule has 0 unspecified atom stereocenters. The molecule has 0 radical (unpaired) electrons. The van der Waals surface area contributed by atoms with Gasteiger partial charge in [0.15, 0.2) is 11.6 Å². The van der Waals surface area contributed by atoms with Crippen molar-refractivity contribution in [2.75, 3.05) is 13.2 Å². The Hall–Kier alpha value is -0.450. The fourth-order valence-corrected chi connectivity index (χ4v) is 8.45. The summed E-state index contributed by atoms with van der Waals surface area (Å²) in [6.07, 6.45) is 9.46. The van der Waals surface area contributed by atoms with Gasteiger partial charge in [-0.2, -0.15) is 0 Å². The first-order valence-electron chi connectivity index (χ1n) is 11.3. The van der Waals surface area contributed by atoms with Crippen molar-refractivity contribution >= 4 is 5.78 Å². The quantitative estimate of drug-likeness (QED) is 0.749. The van der Waals surface area contributed by atoms with Crippen LogP contribution in [0.15, 0.2) is 0 Å². The van der Waals surface area contributed by atoms with Crippen LogP contribution < -0.4 is 0 Å². The van der Waals surface area contributed by atoms with Gasteiger partial charge in [0.25, 0.3) is 0 Å². The Bertz CT molecular complexity index is 640.